The molecule has 2 rings (SSSR count). The second kappa shape index (κ2) is 7.23. The number of pyridine rings is 1. The maximum absolute atomic E-state index is 12.3. The van der Waals surface area contributed by atoms with Crippen LogP contribution in [0, 0.1) is 11.3 Å². The van der Waals surface area contributed by atoms with Gasteiger partial charge in [-0.1, -0.05) is 12.1 Å². The number of nitrogens with zero attached hydrogens (tertiary/aromatic N) is 3. The summed E-state index contributed by atoms with van der Waals surface area (Å²) in [6, 6.07) is 11.1. The molecule has 0 aliphatic rings. The van der Waals surface area contributed by atoms with Gasteiger partial charge >= 0.3 is 0 Å². The highest BCUT2D eigenvalue weighted by Crippen LogP contribution is 2.20. The normalized spacial score (nSPS) is 9.86. The van der Waals surface area contributed by atoms with E-state index < -0.39 is 0 Å². The molecular weight excluding hydrogens is 276 g/mol. The number of rotatable bonds is 5. The number of hydrogen-bond donors (Lipinski definition) is 1. The first-order valence-corrected chi connectivity index (χ1v) is 7.20. The Labute approximate surface area is 130 Å². The number of carbonyl (C=O) groups excluding carboxylic acids is 1. The fraction of sp³-hybridized carbons (Fsp3) is 0.235. The van der Waals surface area contributed by atoms with Crippen LogP contribution >= 0.6 is 0 Å². The van der Waals surface area contributed by atoms with Crippen molar-refractivity contribution in [2.24, 2.45) is 0 Å². The molecule has 22 heavy (non-hydrogen) atoms. The van der Waals surface area contributed by atoms with E-state index in [-0.39, 0.29) is 5.91 Å². The molecule has 1 aromatic carbocycles. The lowest BCUT2D eigenvalue weighted by Crippen LogP contribution is -2.30. The summed E-state index contributed by atoms with van der Waals surface area (Å²) in [6.07, 6.45) is 3.19. The van der Waals surface area contributed by atoms with Crippen molar-refractivity contribution in [2.75, 3.05) is 18.4 Å². The second-order valence-electron chi connectivity index (χ2n) is 4.72. The van der Waals surface area contributed by atoms with Crippen LogP contribution in [0.3, 0.4) is 0 Å². The van der Waals surface area contributed by atoms with E-state index in [4.69, 9.17) is 5.26 Å². The maximum Gasteiger partial charge on any atom is 0.255 e. The summed E-state index contributed by atoms with van der Waals surface area (Å²) in [5.41, 5.74) is 2.45. The molecular formula is C17H18N4O. The first-order valence-electron chi connectivity index (χ1n) is 7.20. The first kappa shape index (κ1) is 15.5. The topological polar surface area (TPSA) is 69.0 Å². The van der Waals surface area contributed by atoms with E-state index in [0.717, 1.165) is 0 Å². The molecule has 5 nitrogen and oxygen atoms in total. The number of para-hydroxylation sites is 1. The van der Waals surface area contributed by atoms with Gasteiger partial charge in [0, 0.05) is 19.3 Å². The lowest BCUT2D eigenvalue weighted by Gasteiger charge is -2.18. The smallest absolute Gasteiger partial charge is 0.255 e. The van der Waals surface area contributed by atoms with Crippen LogP contribution in [0.2, 0.25) is 0 Å². The van der Waals surface area contributed by atoms with E-state index in [1.165, 1.54) is 0 Å². The summed E-state index contributed by atoms with van der Waals surface area (Å²) in [6.45, 7) is 5.20. The molecule has 0 aliphatic heterocycles. The molecule has 0 saturated carbocycles. The third-order valence-corrected chi connectivity index (χ3v) is 3.36. The predicted molar refractivity (Wildman–Crippen MR) is 85.9 cm³/mol. The summed E-state index contributed by atoms with van der Waals surface area (Å²) in [5.74, 6) is -0.0466. The number of anilines is 2. The van der Waals surface area contributed by atoms with Crippen LogP contribution < -0.4 is 5.32 Å². The zero-order valence-corrected chi connectivity index (χ0v) is 12.7. The molecule has 2 aromatic rings. The molecule has 0 unspecified atom stereocenters. The van der Waals surface area contributed by atoms with Gasteiger partial charge < -0.3 is 10.2 Å². The monoisotopic (exact) mass is 294 g/mol. The quantitative estimate of drug-likeness (QED) is 0.919. The van der Waals surface area contributed by atoms with Gasteiger partial charge in [0.1, 0.15) is 6.07 Å². The molecule has 112 valence electrons. The highest BCUT2D eigenvalue weighted by atomic mass is 16.2. The fourth-order valence-electron chi connectivity index (χ4n) is 2.16. The lowest BCUT2D eigenvalue weighted by molar-refractivity contribution is 0.0772. The lowest BCUT2D eigenvalue weighted by atomic mass is 10.2. The van der Waals surface area contributed by atoms with E-state index >= 15 is 0 Å². The number of nitriles is 1. The summed E-state index contributed by atoms with van der Waals surface area (Å²) >= 11 is 0. The van der Waals surface area contributed by atoms with Gasteiger partial charge in [0.2, 0.25) is 0 Å². The highest BCUT2D eigenvalue weighted by Gasteiger charge is 2.13. The van der Waals surface area contributed by atoms with Gasteiger partial charge in [-0.25, -0.2) is 0 Å². The second-order valence-corrected chi connectivity index (χ2v) is 4.72. The van der Waals surface area contributed by atoms with Crippen molar-refractivity contribution in [1.82, 2.24) is 9.88 Å². The summed E-state index contributed by atoms with van der Waals surface area (Å²) in [7, 11) is 0. The van der Waals surface area contributed by atoms with E-state index in [0.29, 0.717) is 35.6 Å². The van der Waals surface area contributed by atoms with Gasteiger partial charge in [0.25, 0.3) is 5.91 Å². The Morgan fingerprint density at radius 2 is 2.00 bits per heavy atom. The van der Waals surface area contributed by atoms with Gasteiger partial charge in [0.15, 0.2) is 0 Å². The zero-order valence-electron chi connectivity index (χ0n) is 12.7. The van der Waals surface area contributed by atoms with Crippen molar-refractivity contribution in [2.45, 2.75) is 13.8 Å². The highest BCUT2D eigenvalue weighted by molar-refractivity contribution is 5.95. The number of amides is 1. The molecule has 0 radical (unpaired) electrons. The van der Waals surface area contributed by atoms with Crippen LogP contribution in [0.15, 0.2) is 42.7 Å². The first-order chi connectivity index (χ1) is 10.7. The Morgan fingerprint density at radius 3 is 2.68 bits per heavy atom. The molecule has 0 saturated heterocycles. The average Bonchev–Trinajstić information content (AvgIpc) is 2.56. The van der Waals surface area contributed by atoms with Crippen LogP contribution in [0.25, 0.3) is 0 Å². The Balaban J connectivity index is 2.26. The van der Waals surface area contributed by atoms with Gasteiger partial charge in [-0.3, -0.25) is 9.78 Å². The SMILES string of the molecule is CCN(CC)C(=O)c1cncc(Nc2ccccc2C#N)c1. The van der Waals surface area contributed by atoms with Crippen molar-refractivity contribution in [1.29, 1.82) is 5.26 Å². The van der Waals surface area contributed by atoms with Gasteiger partial charge in [-0.2, -0.15) is 5.26 Å². The molecule has 1 amide bonds. The number of nitrogens with one attached hydrogen (secondary N) is 1. The molecule has 1 N–H and O–H groups in total. The molecule has 0 aliphatic carbocycles. The van der Waals surface area contributed by atoms with Gasteiger partial charge in [-0.05, 0) is 32.0 Å². The Morgan fingerprint density at radius 1 is 1.27 bits per heavy atom. The molecule has 0 atom stereocenters. The van der Waals surface area contributed by atoms with Crippen molar-refractivity contribution in [3.8, 4) is 6.07 Å². The van der Waals surface area contributed by atoms with E-state index in [9.17, 15) is 4.79 Å². The molecule has 5 heteroatoms. The largest absolute Gasteiger partial charge is 0.353 e. The standard InChI is InChI=1S/C17H18N4O/c1-3-21(4-2)17(22)14-9-15(12-19-11-14)20-16-8-6-5-7-13(16)10-18/h5-9,11-12,20H,3-4H2,1-2H3. The van der Waals surface area contributed by atoms with Crippen molar-refractivity contribution >= 4 is 17.3 Å². The van der Waals surface area contributed by atoms with E-state index in [2.05, 4.69) is 16.4 Å². The van der Waals surface area contributed by atoms with Crippen LogP contribution in [0.1, 0.15) is 29.8 Å². The molecule has 1 aromatic heterocycles. The number of aromatic nitrogens is 1. The van der Waals surface area contributed by atoms with Crippen molar-refractivity contribution in [3.63, 3.8) is 0 Å². The summed E-state index contributed by atoms with van der Waals surface area (Å²) in [5, 5.41) is 12.2. The summed E-state index contributed by atoms with van der Waals surface area (Å²) < 4.78 is 0. The van der Waals surface area contributed by atoms with Gasteiger partial charge in [0.05, 0.1) is 28.7 Å². The summed E-state index contributed by atoms with van der Waals surface area (Å²) in [4.78, 5) is 18.2. The Bertz CT molecular complexity index is 702. The van der Waals surface area contributed by atoms with Crippen LogP contribution in [0.4, 0.5) is 11.4 Å². The van der Waals surface area contributed by atoms with Gasteiger partial charge in [-0.15, -0.1) is 0 Å². The van der Waals surface area contributed by atoms with E-state index in [1.54, 1.807) is 29.4 Å². The molecule has 0 spiro atoms. The fourth-order valence-corrected chi connectivity index (χ4v) is 2.16. The number of benzene rings is 1. The number of hydrogen-bond acceptors (Lipinski definition) is 4. The van der Waals surface area contributed by atoms with Crippen LogP contribution in [-0.4, -0.2) is 28.9 Å². The number of carbonyl (C=O) groups is 1. The van der Waals surface area contributed by atoms with Crippen molar-refractivity contribution < 1.29 is 4.79 Å². The predicted octanol–water partition coefficient (Wildman–Crippen LogP) is 3.18. The maximum atomic E-state index is 12.3. The average molecular weight is 294 g/mol. The molecule has 1 heterocycles. The molecule has 0 bridgehead atoms. The third kappa shape index (κ3) is 3.41. The minimum atomic E-state index is -0.0466. The van der Waals surface area contributed by atoms with Crippen molar-refractivity contribution in [3.05, 3.63) is 53.9 Å². The van der Waals surface area contributed by atoms with Crippen LogP contribution in [-0.2, 0) is 0 Å². The zero-order chi connectivity index (χ0) is 15.9. The Hall–Kier alpha value is -2.87. The third-order valence-electron chi connectivity index (χ3n) is 3.36. The van der Waals surface area contributed by atoms with Crippen LogP contribution in [0.5, 0.6) is 0 Å². The molecule has 0 fully saturated rings. The minimum Gasteiger partial charge on any atom is -0.353 e. The Kier molecular flexibility index (Phi) is 5.10. The van der Waals surface area contributed by atoms with E-state index in [1.807, 2.05) is 32.0 Å². The minimum absolute atomic E-state index is 0.0466.